The summed E-state index contributed by atoms with van der Waals surface area (Å²) in [6, 6.07) is 5.11. The number of carbonyl (C=O) groups is 3. The van der Waals surface area contributed by atoms with Crippen LogP contribution in [0, 0.1) is 11.8 Å². The summed E-state index contributed by atoms with van der Waals surface area (Å²) in [5.41, 5.74) is 0.116. The second-order valence-electron chi connectivity index (χ2n) is 11.9. The second kappa shape index (κ2) is 9.15. The van der Waals surface area contributed by atoms with Gasteiger partial charge in [0, 0.05) is 52.5 Å². The fourth-order valence-electron chi connectivity index (χ4n) is 6.38. The van der Waals surface area contributed by atoms with Crippen LogP contribution in [0.4, 0.5) is 0 Å². The van der Waals surface area contributed by atoms with Crippen LogP contribution in [0.1, 0.15) is 71.1 Å². The Balaban J connectivity index is 1.59. The van der Waals surface area contributed by atoms with Crippen molar-refractivity contribution in [3.05, 3.63) is 44.7 Å². The van der Waals surface area contributed by atoms with E-state index in [0.717, 1.165) is 19.3 Å². The van der Waals surface area contributed by atoms with Crippen molar-refractivity contribution in [1.29, 1.82) is 0 Å². The van der Waals surface area contributed by atoms with Gasteiger partial charge in [-0.3, -0.25) is 19.2 Å². The number of piperidine rings is 2. The van der Waals surface area contributed by atoms with Crippen LogP contribution in [0.5, 0.6) is 0 Å². The van der Waals surface area contributed by atoms with Crippen LogP contribution in [0.25, 0.3) is 10.9 Å². The van der Waals surface area contributed by atoms with Gasteiger partial charge in [-0.25, -0.2) is 0 Å². The second-order valence-corrected chi connectivity index (χ2v) is 12.4. The molecule has 1 aromatic carbocycles. The van der Waals surface area contributed by atoms with Crippen molar-refractivity contribution < 1.29 is 14.4 Å². The van der Waals surface area contributed by atoms with Crippen molar-refractivity contribution in [2.45, 2.75) is 77.4 Å². The molecule has 198 valence electrons. The highest BCUT2D eigenvalue weighted by Gasteiger charge is 2.59. The molecule has 37 heavy (non-hydrogen) atoms. The number of halogens is 1. The monoisotopic (exact) mass is 526 g/mol. The summed E-state index contributed by atoms with van der Waals surface area (Å²) in [7, 11) is 0. The molecule has 3 aliphatic heterocycles. The molecule has 2 fully saturated rings. The van der Waals surface area contributed by atoms with Crippen LogP contribution in [-0.2, 0) is 26.5 Å². The number of hydrogen-bond acceptors (Lipinski definition) is 4. The Morgan fingerprint density at radius 1 is 1.16 bits per heavy atom. The number of benzene rings is 1. The molecule has 2 aromatic rings. The number of rotatable bonds is 3. The quantitative estimate of drug-likeness (QED) is 0.636. The topological polar surface area (TPSA) is 103 Å². The van der Waals surface area contributed by atoms with E-state index in [4.69, 9.17) is 11.6 Å². The summed E-state index contributed by atoms with van der Waals surface area (Å²) in [5.74, 6) is -1.63. The van der Waals surface area contributed by atoms with Crippen LogP contribution in [-0.4, -0.2) is 51.1 Å². The average molecular weight is 527 g/mol. The number of H-pyrrole nitrogens is 1. The minimum Gasteiger partial charge on any atom is -0.356 e. The molecule has 1 aromatic heterocycles. The van der Waals surface area contributed by atoms with E-state index < -0.39 is 22.9 Å². The fraction of sp³-hybridized carbons (Fsp3) is 0.571. The largest absolute Gasteiger partial charge is 0.356 e. The smallest absolute Gasteiger partial charge is 0.228 e. The number of nitrogens with zero attached hydrogens (tertiary/aromatic N) is 2. The minimum absolute atomic E-state index is 0.00827. The number of fused-ring (bicyclic) bond motifs is 4. The number of aromatic amines is 1. The Bertz CT molecular complexity index is 1340. The van der Waals surface area contributed by atoms with Gasteiger partial charge in [0.25, 0.3) is 0 Å². The summed E-state index contributed by atoms with van der Waals surface area (Å²) in [5, 5.41) is 3.86. The minimum atomic E-state index is -1.01. The summed E-state index contributed by atoms with van der Waals surface area (Å²) in [6.07, 6.45) is 3.27. The lowest BCUT2D eigenvalue weighted by atomic mass is 9.71. The Labute approximate surface area is 221 Å². The molecule has 8 nitrogen and oxygen atoms in total. The zero-order chi connectivity index (χ0) is 26.7. The van der Waals surface area contributed by atoms with Crippen molar-refractivity contribution >= 4 is 40.2 Å². The van der Waals surface area contributed by atoms with Crippen molar-refractivity contribution in [3.63, 3.8) is 0 Å². The summed E-state index contributed by atoms with van der Waals surface area (Å²) in [4.78, 5) is 61.3. The van der Waals surface area contributed by atoms with E-state index in [1.165, 1.54) is 0 Å². The lowest BCUT2D eigenvalue weighted by molar-refractivity contribution is -0.162. The molecule has 2 N–H and O–H groups in total. The van der Waals surface area contributed by atoms with Gasteiger partial charge in [0.1, 0.15) is 0 Å². The van der Waals surface area contributed by atoms with Crippen molar-refractivity contribution in [2.75, 3.05) is 13.1 Å². The van der Waals surface area contributed by atoms with Gasteiger partial charge in [0.15, 0.2) is 5.43 Å². The molecule has 4 heterocycles. The van der Waals surface area contributed by atoms with E-state index in [0.29, 0.717) is 40.3 Å². The van der Waals surface area contributed by atoms with Gasteiger partial charge < -0.3 is 20.1 Å². The highest BCUT2D eigenvalue weighted by Crippen LogP contribution is 2.50. The molecule has 2 saturated heterocycles. The number of aromatic nitrogens is 1. The molecular weight excluding hydrogens is 492 g/mol. The van der Waals surface area contributed by atoms with Crippen LogP contribution < -0.4 is 10.7 Å². The van der Waals surface area contributed by atoms with Gasteiger partial charge in [-0.1, -0.05) is 11.6 Å². The van der Waals surface area contributed by atoms with Gasteiger partial charge >= 0.3 is 0 Å². The van der Waals surface area contributed by atoms with Gasteiger partial charge in [0.05, 0.1) is 23.7 Å². The molecule has 5 rings (SSSR count). The molecule has 3 atom stereocenters. The van der Waals surface area contributed by atoms with E-state index in [1.54, 1.807) is 23.1 Å². The van der Waals surface area contributed by atoms with Crippen LogP contribution in [0.2, 0.25) is 5.02 Å². The molecule has 0 unspecified atom stereocenters. The van der Waals surface area contributed by atoms with Crippen molar-refractivity contribution in [2.24, 2.45) is 11.8 Å². The lowest BCUT2D eigenvalue weighted by Crippen LogP contribution is -2.60. The Hall–Kier alpha value is -2.87. The highest BCUT2D eigenvalue weighted by molar-refractivity contribution is 6.31. The number of pyridine rings is 1. The molecule has 3 aliphatic rings. The van der Waals surface area contributed by atoms with E-state index in [-0.39, 0.29) is 42.5 Å². The predicted molar refractivity (Wildman–Crippen MR) is 142 cm³/mol. The predicted octanol–water partition coefficient (Wildman–Crippen LogP) is 3.69. The maximum atomic E-state index is 14.0. The number of amides is 3. The third-order valence-electron chi connectivity index (χ3n) is 8.17. The lowest BCUT2D eigenvalue weighted by Gasteiger charge is -2.49. The molecule has 0 spiro atoms. The molecule has 0 saturated carbocycles. The van der Waals surface area contributed by atoms with Gasteiger partial charge in [0.2, 0.25) is 17.7 Å². The molecule has 0 aliphatic carbocycles. The zero-order valence-corrected chi connectivity index (χ0v) is 22.7. The van der Waals surface area contributed by atoms with Gasteiger partial charge in [-0.05, 0) is 71.6 Å². The third-order valence-corrected chi connectivity index (χ3v) is 8.41. The van der Waals surface area contributed by atoms with Crippen molar-refractivity contribution in [1.82, 2.24) is 20.1 Å². The van der Waals surface area contributed by atoms with Gasteiger partial charge in [-0.2, -0.15) is 0 Å². The first-order chi connectivity index (χ1) is 17.4. The number of hydrogen-bond donors (Lipinski definition) is 2. The molecule has 3 amide bonds. The summed E-state index contributed by atoms with van der Waals surface area (Å²) >= 11 is 6.17. The summed E-state index contributed by atoms with van der Waals surface area (Å²) < 4.78 is 0. The number of carbonyl (C=O) groups excluding carboxylic acids is 3. The van der Waals surface area contributed by atoms with Crippen LogP contribution >= 0.6 is 11.6 Å². The average Bonchev–Trinajstić information content (AvgIpc) is 3.14. The summed E-state index contributed by atoms with van der Waals surface area (Å²) in [6.45, 7) is 9.06. The fourth-order valence-corrected chi connectivity index (χ4v) is 6.56. The first-order valence-corrected chi connectivity index (χ1v) is 13.5. The standard InChI is InChI=1S/C28H35ClN4O4/c1-27(2,3)31-22(34)13-16-12-20(26(37)32-10-6-5-7-11-32)28(4)24-19(15-33(28)25(16)36)23(35)18-14-17(29)8-9-21(18)30-24/h8-9,14,16,20H,5-7,10-13,15H2,1-4H3,(H,30,35)(H,31,34)/t16-,20-,28+/m0/s1. The first-order valence-electron chi connectivity index (χ1n) is 13.2. The third kappa shape index (κ3) is 4.43. The Morgan fingerprint density at radius 2 is 1.86 bits per heavy atom. The van der Waals surface area contributed by atoms with E-state index in [9.17, 15) is 19.2 Å². The SMILES string of the molecule is CC(C)(C)NC(=O)C[C@@H]1C[C@@H](C(=O)N2CCCCC2)[C@]2(C)c3[nH]c4ccc(Cl)cc4c(=O)c3CN2C1=O. The van der Waals surface area contributed by atoms with E-state index >= 15 is 0 Å². The molecule has 0 bridgehead atoms. The van der Waals surface area contributed by atoms with E-state index in [2.05, 4.69) is 10.3 Å². The Morgan fingerprint density at radius 3 is 2.54 bits per heavy atom. The highest BCUT2D eigenvalue weighted by atomic mass is 35.5. The zero-order valence-electron chi connectivity index (χ0n) is 21.9. The van der Waals surface area contributed by atoms with Crippen LogP contribution in [0.3, 0.4) is 0 Å². The normalized spacial score (nSPS) is 25.7. The number of nitrogens with one attached hydrogen (secondary N) is 2. The molecule has 9 heteroatoms. The number of likely N-dealkylation sites (tertiary alicyclic amines) is 1. The Kier molecular flexibility index (Phi) is 6.37. The first kappa shape index (κ1) is 25.8. The molecule has 0 radical (unpaired) electrons. The maximum absolute atomic E-state index is 14.0. The van der Waals surface area contributed by atoms with Gasteiger partial charge in [-0.15, -0.1) is 0 Å². The van der Waals surface area contributed by atoms with Crippen molar-refractivity contribution in [3.8, 4) is 0 Å². The maximum Gasteiger partial charge on any atom is 0.228 e. The van der Waals surface area contributed by atoms with E-state index in [1.807, 2.05) is 32.6 Å². The van der Waals surface area contributed by atoms with Crippen LogP contribution in [0.15, 0.2) is 23.0 Å². The molecular formula is C28H35ClN4O4.